The number of hydrogen-bond acceptors (Lipinski definition) is 4. The van der Waals surface area contributed by atoms with Gasteiger partial charge < -0.3 is 10.1 Å². The number of aliphatic imine (C=N–C) groups is 1. The first-order chi connectivity index (χ1) is 11.9. The molecule has 0 radical (unpaired) electrons. The number of amidine groups is 1. The first-order valence-electron chi connectivity index (χ1n) is 7.40. The van der Waals surface area contributed by atoms with Gasteiger partial charge >= 0.3 is 0 Å². The lowest BCUT2D eigenvalue weighted by molar-refractivity contribution is 0.266. The van der Waals surface area contributed by atoms with Crippen LogP contribution in [0.5, 0.6) is 5.75 Å². The van der Waals surface area contributed by atoms with Crippen LogP contribution in [-0.2, 0) is 0 Å². The molecule has 0 fully saturated rings. The average molecular weight is 394 g/mol. The van der Waals surface area contributed by atoms with Crippen molar-refractivity contribution >= 4 is 45.8 Å². The summed E-state index contributed by atoms with van der Waals surface area (Å²) in [5, 5.41) is 14.6. The highest BCUT2D eigenvalue weighted by molar-refractivity contribution is 8.13. The lowest BCUT2D eigenvalue weighted by Crippen LogP contribution is -2.31. The molecule has 0 bridgehead atoms. The quantitative estimate of drug-likeness (QED) is 0.539. The van der Waals surface area contributed by atoms with Gasteiger partial charge in [-0.05, 0) is 61.7 Å². The van der Waals surface area contributed by atoms with Crippen LogP contribution in [-0.4, -0.2) is 23.6 Å². The monoisotopic (exact) mass is 393 g/mol. The van der Waals surface area contributed by atoms with Gasteiger partial charge in [-0.1, -0.05) is 35.0 Å². The minimum atomic E-state index is -1.03. The minimum Gasteiger partial charge on any atom is -0.490 e. The van der Waals surface area contributed by atoms with E-state index < -0.39 is 5.54 Å². The van der Waals surface area contributed by atoms with Crippen molar-refractivity contribution in [2.75, 3.05) is 18.2 Å². The highest BCUT2D eigenvalue weighted by Crippen LogP contribution is 2.20. The number of anilines is 1. The number of ether oxygens (including phenoxy) is 1. The van der Waals surface area contributed by atoms with E-state index in [1.165, 1.54) is 11.8 Å². The molecule has 0 amide bonds. The number of thioether (sulfide) groups is 1. The molecule has 2 aromatic carbocycles. The van der Waals surface area contributed by atoms with Gasteiger partial charge in [0.15, 0.2) is 10.7 Å². The van der Waals surface area contributed by atoms with Gasteiger partial charge in [-0.2, -0.15) is 5.26 Å². The zero-order valence-electron chi connectivity index (χ0n) is 13.8. The molecule has 0 aromatic heterocycles. The largest absolute Gasteiger partial charge is 0.490 e. The summed E-state index contributed by atoms with van der Waals surface area (Å²) in [6.45, 7) is 1.85. The van der Waals surface area contributed by atoms with Crippen molar-refractivity contribution in [1.29, 1.82) is 5.26 Å². The Hall–Kier alpha value is -1.87. The Kier molecular flexibility index (Phi) is 7.01. The normalized spacial score (nSPS) is 13.6. The van der Waals surface area contributed by atoms with Crippen molar-refractivity contribution < 1.29 is 4.74 Å². The van der Waals surface area contributed by atoms with Crippen molar-refractivity contribution in [3.63, 3.8) is 0 Å². The van der Waals surface area contributed by atoms with Crippen molar-refractivity contribution in [3.05, 3.63) is 58.6 Å². The molecule has 0 aliphatic heterocycles. The molecule has 0 heterocycles. The second-order valence-electron chi connectivity index (χ2n) is 5.38. The van der Waals surface area contributed by atoms with Gasteiger partial charge in [0, 0.05) is 15.7 Å². The molecule has 0 saturated heterocycles. The van der Waals surface area contributed by atoms with Gasteiger partial charge in [-0.15, -0.1) is 0 Å². The summed E-state index contributed by atoms with van der Waals surface area (Å²) in [4.78, 5) is 4.52. The molecule has 1 atom stereocenters. The summed E-state index contributed by atoms with van der Waals surface area (Å²) < 4.78 is 5.69. The number of rotatable bonds is 5. The van der Waals surface area contributed by atoms with Gasteiger partial charge in [0.1, 0.15) is 12.4 Å². The molecule has 2 aromatic rings. The molecule has 0 aliphatic rings. The van der Waals surface area contributed by atoms with E-state index in [2.05, 4.69) is 16.4 Å². The fourth-order valence-corrected chi connectivity index (χ4v) is 2.61. The smallest absolute Gasteiger partial charge is 0.180 e. The fraction of sp³-hybridized carbons (Fsp3) is 0.222. The third-order valence-corrected chi connectivity index (χ3v) is 4.30. The van der Waals surface area contributed by atoms with E-state index in [1.807, 2.05) is 18.4 Å². The standard InChI is InChI=1S/C18H17Cl2N3OS/c1-18(11-21,12-24-16-9-5-14(20)6-10-16)23-17(25-2)22-15-7-3-13(19)4-8-15/h3-10H,12H2,1-2H3,(H,22,23). The summed E-state index contributed by atoms with van der Waals surface area (Å²) in [6, 6.07) is 16.5. The van der Waals surface area contributed by atoms with Gasteiger partial charge in [-0.3, -0.25) is 0 Å². The SMILES string of the molecule is CSC(=NC(C)(C#N)COc1ccc(Cl)cc1)Nc1ccc(Cl)cc1. The van der Waals surface area contributed by atoms with Gasteiger partial charge in [-0.25, -0.2) is 4.99 Å². The molecule has 0 aliphatic carbocycles. The number of nitrogens with one attached hydrogen (secondary N) is 1. The second-order valence-corrected chi connectivity index (χ2v) is 7.05. The van der Waals surface area contributed by atoms with Crippen LogP contribution in [0.4, 0.5) is 5.69 Å². The Balaban J connectivity index is 2.09. The van der Waals surface area contributed by atoms with E-state index in [0.717, 1.165) is 5.69 Å². The van der Waals surface area contributed by atoms with Crippen molar-refractivity contribution in [2.45, 2.75) is 12.5 Å². The zero-order valence-corrected chi connectivity index (χ0v) is 16.1. The maximum atomic E-state index is 9.54. The van der Waals surface area contributed by atoms with E-state index >= 15 is 0 Å². The maximum Gasteiger partial charge on any atom is 0.180 e. The van der Waals surface area contributed by atoms with E-state index in [9.17, 15) is 5.26 Å². The number of nitrogens with zero attached hydrogens (tertiary/aromatic N) is 2. The molecule has 1 unspecified atom stereocenters. The third kappa shape index (κ3) is 6.17. The lowest BCUT2D eigenvalue weighted by atomic mass is 10.1. The number of halogens is 2. The predicted molar refractivity (Wildman–Crippen MR) is 107 cm³/mol. The number of nitriles is 1. The molecule has 130 valence electrons. The molecular formula is C18H17Cl2N3OS. The van der Waals surface area contributed by atoms with Crippen molar-refractivity contribution in [1.82, 2.24) is 0 Å². The summed E-state index contributed by atoms with van der Waals surface area (Å²) in [5.74, 6) is 0.637. The summed E-state index contributed by atoms with van der Waals surface area (Å²) in [5.41, 5.74) is -0.186. The van der Waals surface area contributed by atoms with Crippen LogP contribution in [0.3, 0.4) is 0 Å². The fourth-order valence-electron chi connectivity index (χ4n) is 1.85. The predicted octanol–water partition coefficient (Wildman–Crippen LogP) is 5.49. The highest BCUT2D eigenvalue weighted by Gasteiger charge is 2.25. The summed E-state index contributed by atoms with van der Waals surface area (Å²) in [7, 11) is 0. The molecule has 0 saturated carbocycles. The van der Waals surface area contributed by atoms with Crippen molar-refractivity contribution in [3.8, 4) is 11.8 Å². The van der Waals surface area contributed by atoms with Crippen LogP contribution < -0.4 is 10.1 Å². The number of benzene rings is 2. The molecule has 2 rings (SSSR count). The molecule has 7 heteroatoms. The van der Waals surface area contributed by atoms with Crippen LogP contribution in [0.1, 0.15) is 6.92 Å². The van der Waals surface area contributed by atoms with Gasteiger partial charge in [0.05, 0.1) is 6.07 Å². The zero-order chi connectivity index (χ0) is 18.3. The molecule has 4 nitrogen and oxygen atoms in total. The topological polar surface area (TPSA) is 57.4 Å². The van der Waals surface area contributed by atoms with Gasteiger partial charge in [0.25, 0.3) is 0 Å². The van der Waals surface area contributed by atoms with Crippen molar-refractivity contribution in [2.24, 2.45) is 4.99 Å². The highest BCUT2D eigenvalue weighted by atomic mass is 35.5. The van der Waals surface area contributed by atoms with E-state index in [-0.39, 0.29) is 6.61 Å². The second kappa shape index (κ2) is 9.00. The Bertz CT molecular complexity index is 772. The Morgan fingerprint density at radius 3 is 2.24 bits per heavy atom. The molecule has 25 heavy (non-hydrogen) atoms. The van der Waals surface area contributed by atoms with Crippen LogP contribution >= 0.6 is 35.0 Å². The Morgan fingerprint density at radius 1 is 1.16 bits per heavy atom. The molecule has 1 N–H and O–H groups in total. The summed E-state index contributed by atoms with van der Waals surface area (Å²) >= 11 is 13.2. The van der Waals surface area contributed by atoms with E-state index in [0.29, 0.717) is 21.0 Å². The average Bonchev–Trinajstić information content (AvgIpc) is 2.62. The first-order valence-corrected chi connectivity index (χ1v) is 9.38. The van der Waals surface area contributed by atoms with E-state index in [1.54, 1.807) is 43.3 Å². The van der Waals surface area contributed by atoms with Crippen LogP contribution in [0.2, 0.25) is 10.0 Å². The summed E-state index contributed by atoms with van der Waals surface area (Å²) in [6.07, 6.45) is 1.89. The number of hydrogen-bond donors (Lipinski definition) is 1. The van der Waals surface area contributed by atoms with Crippen LogP contribution in [0, 0.1) is 11.3 Å². The van der Waals surface area contributed by atoms with E-state index in [4.69, 9.17) is 27.9 Å². The third-order valence-electron chi connectivity index (χ3n) is 3.21. The Morgan fingerprint density at radius 2 is 1.72 bits per heavy atom. The Labute approximate surface area is 161 Å². The van der Waals surface area contributed by atoms with Crippen LogP contribution in [0.25, 0.3) is 0 Å². The maximum absolute atomic E-state index is 9.54. The van der Waals surface area contributed by atoms with Crippen LogP contribution in [0.15, 0.2) is 53.5 Å². The lowest BCUT2D eigenvalue weighted by Gasteiger charge is -2.19. The molecule has 0 spiro atoms. The van der Waals surface area contributed by atoms with Gasteiger partial charge in [0.2, 0.25) is 0 Å². The first kappa shape index (κ1) is 19.5. The molecular weight excluding hydrogens is 377 g/mol. The minimum absolute atomic E-state index is 0.123.